The van der Waals surface area contributed by atoms with Gasteiger partial charge in [0.1, 0.15) is 0 Å². The molecule has 2 fully saturated rings. The predicted molar refractivity (Wildman–Crippen MR) is 140 cm³/mol. The average molecular weight is 487 g/mol. The van der Waals surface area contributed by atoms with E-state index in [1.807, 2.05) is 28.8 Å². The Hall–Kier alpha value is -3.06. The second-order valence-corrected chi connectivity index (χ2v) is 11.3. The Morgan fingerprint density at radius 3 is 2.69 bits per heavy atom. The van der Waals surface area contributed by atoms with Gasteiger partial charge in [-0.25, -0.2) is 9.78 Å². The van der Waals surface area contributed by atoms with Gasteiger partial charge >= 0.3 is 6.03 Å². The molecule has 0 atom stereocenters. The molecule has 3 aliphatic rings. The molecule has 2 amide bonds. The maximum atomic E-state index is 13.3. The van der Waals surface area contributed by atoms with Crippen LogP contribution in [0.15, 0.2) is 58.5 Å². The Kier molecular flexibility index (Phi) is 5.67. The minimum Gasteiger partial charge on any atom is -0.334 e. The number of fused-ring (bicyclic) bond motifs is 2. The number of H-pyrrole nitrogens is 1. The third-order valence-electron chi connectivity index (χ3n) is 7.69. The lowest BCUT2D eigenvalue weighted by Crippen LogP contribution is -2.45. The lowest BCUT2D eigenvalue weighted by molar-refractivity contribution is 0.235. The van der Waals surface area contributed by atoms with Crippen molar-refractivity contribution in [2.45, 2.75) is 61.8 Å². The number of nitrogens with one attached hydrogen (secondary N) is 2. The smallest absolute Gasteiger partial charge is 0.322 e. The van der Waals surface area contributed by atoms with Crippen LogP contribution in [0, 0.1) is 0 Å². The third-order valence-corrected chi connectivity index (χ3v) is 8.58. The van der Waals surface area contributed by atoms with Crippen LogP contribution in [0.1, 0.15) is 61.8 Å². The normalized spacial score (nSPS) is 17.8. The first-order valence-corrected chi connectivity index (χ1v) is 13.6. The van der Waals surface area contributed by atoms with Gasteiger partial charge in [0, 0.05) is 35.0 Å². The zero-order valence-electron chi connectivity index (χ0n) is 20.0. The minimum absolute atomic E-state index is 0.00355. The standard InChI is InChI=1S/C28H30N4O2S/c1-2-35-21-9-4-18(5-10-21)15-29-27(34)32-16-28(12-3-13-28)22-14-20(8-11-23(22)32)24-25(19-6-7-19)30-17-31-26(24)33/h4-5,8-11,14,17,19H,2-3,6-7,12-13,15-16H2,1H3,(H,29,34)(H,30,31,33). The molecule has 1 spiro atoms. The number of nitrogens with zero attached hydrogens (tertiary/aromatic N) is 2. The Labute approximate surface area is 209 Å². The van der Waals surface area contributed by atoms with Gasteiger partial charge in [-0.1, -0.05) is 31.5 Å². The number of benzene rings is 2. The number of hydrogen-bond donors (Lipinski definition) is 2. The Morgan fingerprint density at radius 2 is 2.00 bits per heavy atom. The largest absolute Gasteiger partial charge is 0.334 e. The van der Waals surface area contributed by atoms with Crippen molar-refractivity contribution in [1.82, 2.24) is 15.3 Å². The van der Waals surface area contributed by atoms with Crippen molar-refractivity contribution < 1.29 is 4.79 Å². The summed E-state index contributed by atoms with van der Waals surface area (Å²) in [6.45, 7) is 3.34. The van der Waals surface area contributed by atoms with Gasteiger partial charge in [-0.3, -0.25) is 9.69 Å². The quantitative estimate of drug-likeness (QED) is 0.446. The molecule has 6 nitrogen and oxygen atoms in total. The number of carbonyl (C=O) groups is 1. The highest BCUT2D eigenvalue weighted by atomic mass is 32.2. The Bertz CT molecular complexity index is 1330. The molecule has 0 saturated heterocycles. The lowest BCUT2D eigenvalue weighted by atomic mass is 9.65. The van der Waals surface area contributed by atoms with Gasteiger partial charge < -0.3 is 10.3 Å². The van der Waals surface area contributed by atoms with Crippen LogP contribution in [0.2, 0.25) is 0 Å². The number of amides is 2. The Morgan fingerprint density at radius 1 is 1.20 bits per heavy atom. The molecular weight excluding hydrogens is 456 g/mol. The van der Waals surface area contributed by atoms with Crippen LogP contribution in [0.4, 0.5) is 10.5 Å². The lowest BCUT2D eigenvalue weighted by Gasteiger charge is -2.39. The maximum Gasteiger partial charge on any atom is 0.322 e. The second-order valence-electron chi connectivity index (χ2n) is 9.95. The van der Waals surface area contributed by atoms with E-state index in [9.17, 15) is 9.59 Å². The van der Waals surface area contributed by atoms with Crippen LogP contribution < -0.4 is 15.8 Å². The first-order valence-electron chi connectivity index (χ1n) is 12.6. The summed E-state index contributed by atoms with van der Waals surface area (Å²) in [6, 6.07) is 14.5. The van der Waals surface area contributed by atoms with Crippen molar-refractivity contribution in [2.75, 3.05) is 17.2 Å². The number of carbonyl (C=O) groups excluding carboxylic acids is 1. The van der Waals surface area contributed by atoms with E-state index in [2.05, 4.69) is 52.5 Å². The zero-order valence-corrected chi connectivity index (χ0v) is 20.8. The Balaban J connectivity index is 1.26. The summed E-state index contributed by atoms with van der Waals surface area (Å²) in [6.07, 6.45) is 7.01. The second kappa shape index (κ2) is 8.86. The van der Waals surface area contributed by atoms with Gasteiger partial charge in [-0.2, -0.15) is 0 Å². The molecule has 2 N–H and O–H groups in total. The van der Waals surface area contributed by atoms with E-state index in [0.717, 1.165) is 53.9 Å². The van der Waals surface area contributed by atoms with E-state index in [4.69, 9.17) is 0 Å². The third kappa shape index (κ3) is 4.05. The number of rotatable bonds is 6. The van der Waals surface area contributed by atoms with Gasteiger partial charge in [-0.15, -0.1) is 11.8 Å². The van der Waals surface area contributed by atoms with E-state index >= 15 is 0 Å². The van der Waals surface area contributed by atoms with Crippen molar-refractivity contribution in [3.63, 3.8) is 0 Å². The van der Waals surface area contributed by atoms with Crippen LogP contribution in [0.5, 0.6) is 0 Å². The number of urea groups is 1. The van der Waals surface area contributed by atoms with Crippen molar-refractivity contribution in [3.05, 3.63) is 76.0 Å². The highest BCUT2D eigenvalue weighted by molar-refractivity contribution is 7.99. The highest BCUT2D eigenvalue weighted by Crippen LogP contribution is 2.53. The molecule has 35 heavy (non-hydrogen) atoms. The fourth-order valence-corrected chi connectivity index (χ4v) is 6.20. The predicted octanol–water partition coefficient (Wildman–Crippen LogP) is 5.58. The van der Waals surface area contributed by atoms with Crippen LogP contribution in [-0.4, -0.2) is 28.3 Å². The van der Waals surface area contributed by atoms with E-state index in [1.54, 1.807) is 0 Å². The fraction of sp³-hybridized carbons (Fsp3) is 0.393. The molecule has 1 aromatic heterocycles. The van der Waals surface area contributed by atoms with Gasteiger partial charge in [0.05, 0.1) is 17.6 Å². The molecule has 0 unspecified atom stereocenters. The number of anilines is 1. The molecule has 0 bridgehead atoms. The first kappa shape index (κ1) is 22.4. The molecule has 2 heterocycles. The summed E-state index contributed by atoms with van der Waals surface area (Å²) in [4.78, 5) is 36.5. The maximum absolute atomic E-state index is 13.3. The van der Waals surface area contributed by atoms with Crippen LogP contribution in [-0.2, 0) is 12.0 Å². The number of aromatic nitrogens is 2. The molecule has 0 radical (unpaired) electrons. The molecule has 2 aliphatic carbocycles. The fourth-order valence-electron chi connectivity index (χ4n) is 5.54. The molecule has 180 valence electrons. The van der Waals surface area contributed by atoms with Gasteiger partial charge in [0.15, 0.2) is 0 Å². The number of hydrogen-bond acceptors (Lipinski definition) is 4. The van der Waals surface area contributed by atoms with E-state index in [0.29, 0.717) is 24.6 Å². The summed E-state index contributed by atoms with van der Waals surface area (Å²) in [5.41, 5.74) is 5.69. The van der Waals surface area contributed by atoms with Crippen LogP contribution in [0.25, 0.3) is 11.1 Å². The molecule has 2 aromatic carbocycles. The molecule has 6 rings (SSSR count). The summed E-state index contributed by atoms with van der Waals surface area (Å²) in [5.74, 6) is 1.43. The van der Waals surface area contributed by atoms with E-state index in [-0.39, 0.29) is 17.0 Å². The SMILES string of the molecule is CCSc1ccc(CNC(=O)N2CC3(CCC3)c3cc(-c4c(C5CC5)nc[nH]c4=O)ccc32)cc1. The van der Waals surface area contributed by atoms with Crippen LogP contribution >= 0.6 is 11.8 Å². The molecule has 7 heteroatoms. The van der Waals surface area contributed by atoms with Crippen molar-refractivity contribution in [3.8, 4) is 11.1 Å². The average Bonchev–Trinajstić information content (AvgIpc) is 3.63. The number of aromatic amines is 1. The molecular formula is C28H30N4O2S. The summed E-state index contributed by atoms with van der Waals surface area (Å²) >= 11 is 1.81. The van der Waals surface area contributed by atoms with E-state index < -0.39 is 0 Å². The summed E-state index contributed by atoms with van der Waals surface area (Å²) in [5, 5.41) is 3.12. The molecule has 3 aromatic rings. The van der Waals surface area contributed by atoms with Crippen molar-refractivity contribution in [1.29, 1.82) is 0 Å². The van der Waals surface area contributed by atoms with Crippen LogP contribution in [0.3, 0.4) is 0 Å². The zero-order chi connectivity index (χ0) is 24.0. The van der Waals surface area contributed by atoms with E-state index in [1.165, 1.54) is 23.2 Å². The van der Waals surface area contributed by atoms with Gasteiger partial charge in [-0.05, 0) is 72.4 Å². The van der Waals surface area contributed by atoms with Crippen molar-refractivity contribution in [2.24, 2.45) is 0 Å². The summed E-state index contributed by atoms with van der Waals surface area (Å²) < 4.78 is 0. The van der Waals surface area contributed by atoms with Crippen molar-refractivity contribution >= 4 is 23.5 Å². The molecule has 2 saturated carbocycles. The number of thioether (sulfide) groups is 1. The summed E-state index contributed by atoms with van der Waals surface area (Å²) in [7, 11) is 0. The van der Waals surface area contributed by atoms with Gasteiger partial charge in [0.2, 0.25) is 0 Å². The highest BCUT2D eigenvalue weighted by Gasteiger charge is 2.48. The first-order chi connectivity index (χ1) is 17.1. The topological polar surface area (TPSA) is 78.1 Å². The minimum atomic E-state index is -0.0829. The molecule has 1 aliphatic heterocycles. The monoisotopic (exact) mass is 486 g/mol. The van der Waals surface area contributed by atoms with Gasteiger partial charge in [0.25, 0.3) is 5.56 Å².